The van der Waals surface area contributed by atoms with E-state index in [1.54, 1.807) is 12.1 Å². The number of hydrogen-bond donors (Lipinski definition) is 1. The standard InChI is InChI=1S/C20H19F3N2O2/c21-17-9-14(10-18(22)19(17)23)11-24-20(27)15-5-7-25(8-6-15)16-3-1-13(12-26)2-4-16/h1-4,9-10,12,15H,5-8,11H2,(H,24,27). The van der Waals surface area contributed by atoms with Crippen LogP contribution in [0.4, 0.5) is 18.9 Å². The molecule has 1 aliphatic heterocycles. The summed E-state index contributed by atoms with van der Waals surface area (Å²) in [5.74, 6) is -4.43. The second-order valence-electron chi connectivity index (χ2n) is 6.56. The lowest BCUT2D eigenvalue weighted by molar-refractivity contribution is -0.125. The molecule has 2 aromatic carbocycles. The molecule has 142 valence electrons. The Bertz CT molecular complexity index is 809. The number of hydrogen-bond acceptors (Lipinski definition) is 3. The van der Waals surface area contributed by atoms with Crippen molar-refractivity contribution in [3.8, 4) is 0 Å². The Labute approximate surface area is 155 Å². The maximum absolute atomic E-state index is 13.2. The summed E-state index contributed by atoms with van der Waals surface area (Å²) in [7, 11) is 0. The van der Waals surface area contributed by atoms with Crippen molar-refractivity contribution in [3.05, 3.63) is 65.0 Å². The summed E-state index contributed by atoms with van der Waals surface area (Å²) in [5, 5.41) is 2.66. The molecule has 0 atom stereocenters. The molecule has 1 aliphatic rings. The van der Waals surface area contributed by atoms with E-state index in [1.807, 2.05) is 12.1 Å². The zero-order chi connectivity index (χ0) is 19.4. The number of carbonyl (C=O) groups is 2. The molecule has 1 amide bonds. The van der Waals surface area contributed by atoms with Gasteiger partial charge in [-0.3, -0.25) is 9.59 Å². The first-order valence-corrected chi connectivity index (χ1v) is 8.69. The molecule has 1 saturated heterocycles. The normalized spacial score (nSPS) is 14.9. The number of nitrogens with one attached hydrogen (secondary N) is 1. The lowest BCUT2D eigenvalue weighted by atomic mass is 9.95. The van der Waals surface area contributed by atoms with Crippen molar-refractivity contribution in [2.75, 3.05) is 18.0 Å². The first-order valence-electron chi connectivity index (χ1n) is 8.69. The second-order valence-corrected chi connectivity index (χ2v) is 6.56. The van der Waals surface area contributed by atoms with Crippen LogP contribution in [0.15, 0.2) is 36.4 Å². The van der Waals surface area contributed by atoms with E-state index in [9.17, 15) is 22.8 Å². The summed E-state index contributed by atoms with van der Waals surface area (Å²) in [6.07, 6.45) is 2.08. The van der Waals surface area contributed by atoms with Gasteiger partial charge in [0.1, 0.15) is 6.29 Å². The van der Waals surface area contributed by atoms with Gasteiger partial charge in [0.25, 0.3) is 0 Å². The van der Waals surface area contributed by atoms with Gasteiger partial charge in [0, 0.05) is 36.8 Å². The van der Waals surface area contributed by atoms with E-state index in [2.05, 4.69) is 10.2 Å². The molecule has 0 aromatic heterocycles. The van der Waals surface area contributed by atoms with E-state index >= 15 is 0 Å². The van der Waals surface area contributed by atoms with Crippen molar-refractivity contribution in [3.63, 3.8) is 0 Å². The van der Waals surface area contributed by atoms with E-state index in [0.29, 0.717) is 31.5 Å². The summed E-state index contributed by atoms with van der Waals surface area (Å²) in [6, 6.07) is 9.02. The van der Waals surface area contributed by atoms with Crippen LogP contribution in [-0.2, 0) is 11.3 Å². The van der Waals surface area contributed by atoms with E-state index in [1.165, 1.54) is 0 Å². The van der Waals surface area contributed by atoms with Crippen molar-refractivity contribution in [1.82, 2.24) is 5.32 Å². The summed E-state index contributed by atoms with van der Waals surface area (Å²) in [5.41, 5.74) is 1.78. The molecule has 1 heterocycles. The summed E-state index contributed by atoms with van der Waals surface area (Å²) < 4.78 is 39.4. The number of benzene rings is 2. The quantitative estimate of drug-likeness (QED) is 0.642. The smallest absolute Gasteiger partial charge is 0.223 e. The van der Waals surface area contributed by atoms with E-state index in [0.717, 1.165) is 24.1 Å². The molecule has 4 nitrogen and oxygen atoms in total. The van der Waals surface area contributed by atoms with Gasteiger partial charge in [0.05, 0.1) is 0 Å². The highest BCUT2D eigenvalue weighted by Crippen LogP contribution is 2.24. The minimum Gasteiger partial charge on any atom is -0.371 e. The van der Waals surface area contributed by atoms with Gasteiger partial charge in [-0.1, -0.05) is 0 Å². The Morgan fingerprint density at radius 2 is 1.67 bits per heavy atom. The van der Waals surface area contributed by atoms with Crippen molar-refractivity contribution in [2.45, 2.75) is 19.4 Å². The Morgan fingerprint density at radius 3 is 2.22 bits per heavy atom. The fourth-order valence-corrected chi connectivity index (χ4v) is 3.21. The van der Waals surface area contributed by atoms with Crippen LogP contribution < -0.4 is 10.2 Å². The topological polar surface area (TPSA) is 49.4 Å². The Morgan fingerprint density at radius 1 is 1.07 bits per heavy atom. The van der Waals surface area contributed by atoms with Crippen LogP contribution in [0, 0.1) is 23.4 Å². The number of amides is 1. The van der Waals surface area contributed by atoms with Crippen molar-refractivity contribution in [2.24, 2.45) is 5.92 Å². The largest absolute Gasteiger partial charge is 0.371 e. The first-order chi connectivity index (χ1) is 13.0. The molecule has 0 unspecified atom stereocenters. The van der Waals surface area contributed by atoms with Gasteiger partial charge >= 0.3 is 0 Å². The van der Waals surface area contributed by atoms with E-state index in [-0.39, 0.29) is 23.9 Å². The number of aldehydes is 1. The van der Waals surface area contributed by atoms with Gasteiger partial charge < -0.3 is 10.2 Å². The number of piperidine rings is 1. The third-order valence-corrected chi connectivity index (χ3v) is 4.77. The zero-order valence-electron chi connectivity index (χ0n) is 14.6. The highest BCUT2D eigenvalue weighted by Gasteiger charge is 2.25. The lowest BCUT2D eigenvalue weighted by Gasteiger charge is -2.33. The molecule has 0 spiro atoms. The van der Waals surface area contributed by atoms with E-state index < -0.39 is 17.5 Å². The van der Waals surface area contributed by atoms with Gasteiger partial charge in [0.2, 0.25) is 5.91 Å². The molecule has 0 bridgehead atoms. The van der Waals surface area contributed by atoms with Crippen LogP contribution >= 0.6 is 0 Å². The fourth-order valence-electron chi connectivity index (χ4n) is 3.21. The highest BCUT2D eigenvalue weighted by molar-refractivity contribution is 5.79. The number of carbonyl (C=O) groups excluding carboxylic acids is 2. The van der Waals surface area contributed by atoms with Gasteiger partial charge in [-0.15, -0.1) is 0 Å². The lowest BCUT2D eigenvalue weighted by Crippen LogP contribution is -2.40. The maximum atomic E-state index is 13.2. The third-order valence-electron chi connectivity index (χ3n) is 4.77. The van der Waals surface area contributed by atoms with Crippen molar-refractivity contribution < 1.29 is 22.8 Å². The molecule has 0 saturated carbocycles. The molecular formula is C20H19F3N2O2. The van der Waals surface area contributed by atoms with Crippen LogP contribution in [0.25, 0.3) is 0 Å². The highest BCUT2D eigenvalue weighted by atomic mass is 19.2. The Kier molecular flexibility index (Phi) is 5.78. The first kappa shape index (κ1) is 18.9. The summed E-state index contributed by atoms with van der Waals surface area (Å²) in [6.45, 7) is 1.33. The van der Waals surface area contributed by atoms with Gasteiger partial charge in [-0.05, 0) is 54.8 Å². The fraction of sp³-hybridized carbons (Fsp3) is 0.300. The molecule has 27 heavy (non-hydrogen) atoms. The van der Waals surface area contributed by atoms with Crippen molar-refractivity contribution in [1.29, 1.82) is 0 Å². The van der Waals surface area contributed by atoms with Crippen LogP contribution in [-0.4, -0.2) is 25.3 Å². The minimum absolute atomic E-state index is 0.0552. The molecule has 2 aromatic rings. The zero-order valence-corrected chi connectivity index (χ0v) is 14.6. The Balaban J connectivity index is 1.51. The second kappa shape index (κ2) is 8.24. The molecule has 7 heteroatoms. The third kappa shape index (κ3) is 4.48. The van der Waals surface area contributed by atoms with Crippen LogP contribution in [0.5, 0.6) is 0 Å². The minimum atomic E-state index is -1.52. The van der Waals surface area contributed by atoms with E-state index in [4.69, 9.17) is 0 Å². The van der Waals surface area contributed by atoms with Gasteiger partial charge in [-0.25, -0.2) is 13.2 Å². The van der Waals surface area contributed by atoms with Crippen LogP contribution in [0.3, 0.4) is 0 Å². The molecule has 1 N–H and O–H groups in total. The number of rotatable bonds is 5. The molecule has 0 radical (unpaired) electrons. The Hall–Kier alpha value is -2.83. The predicted octanol–water partition coefficient (Wildman–Crippen LogP) is 3.45. The maximum Gasteiger partial charge on any atom is 0.223 e. The molecule has 0 aliphatic carbocycles. The number of anilines is 1. The average Bonchev–Trinajstić information content (AvgIpc) is 2.70. The van der Waals surface area contributed by atoms with Crippen LogP contribution in [0.1, 0.15) is 28.8 Å². The number of nitrogens with zero attached hydrogens (tertiary/aromatic N) is 1. The molecule has 3 rings (SSSR count). The van der Waals surface area contributed by atoms with Crippen molar-refractivity contribution >= 4 is 17.9 Å². The SMILES string of the molecule is O=Cc1ccc(N2CCC(C(=O)NCc3cc(F)c(F)c(F)c3)CC2)cc1. The number of halogens is 3. The van der Waals surface area contributed by atoms with Crippen LogP contribution in [0.2, 0.25) is 0 Å². The molecule has 1 fully saturated rings. The predicted molar refractivity (Wildman–Crippen MR) is 94.9 cm³/mol. The average molecular weight is 376 g/mol. The molecular weight excluding hydrogens is 357 g/mol. The van der Waals surface area contributed by atoms with Gasteiger partial charge in [-0.2, -0.15) is 0 Å². The van der Waals surface area contributed by atoms with Gasteiger partial charge in [0.15, 0.2) is 17.5 Å². The monoisotopic (exact) mass is 376 g/mol. The summed E-state index contributed by atoms with van der Waals surface area (Å²) in [4.78, 5) is 25.2. The summed E-state index contributed by atoms with van der Waals surface area (Å²) >= 11 is 0.